The van der Waals surface area contributed by atoms with Crippen molar-refractivity contribution >= 4 is 5.97 Å². The van der Waals surface area contributed by atoms with Gasteiger partial charge in [-0.15, -0.1) is 0 Å². The molecular weight excluding hydrogens is 270 g/mol. The van der Waals surface area contributed by atoms with E-state index in [9.17, 15) is 9.90 Å². The number of aliphatic hydroxyl groups is 1. The summed E-state index contributed by atoms with van der Waals surface area (Å²) in [6.45, 7) is 2.64. The number of rotatable bonds is 7. The molecule has 0 saturated carbocycles. The molecule has 0 spiro atoms. The van der Waals surface area contributed by atoms with Gasteiger partial charge in [-0.1, -0.05) is 24.3 Å². The summed E-state index contributed by atoms with van der Waals surface area (Å²) in [6.07, 6.45) is -0.390. The van der Waals surface area contributed by atoms with Gasteiger partial charge in [0.15, 0.2) is 0 Å². The Morgan fingerprint density at radius 2 is 1.95 bits per heavy atom. The van der Waals surface area contributed by atoms with Crippen LogP contribution in [0.2, 0.25) is 0 Å². The van der Waals surface area contributed by atoms with Crippen molar-refractivity contribution in [3.05, 3.63) is 47.7 Å². The van der Waals surface area contributed by atoms with Crippen LogP contribution in [0.25, 0.3) is 11.3 Å². The Morgan fingerprint density at radius 3 is 2.57 bits per heavy atom. The Morgan fingerprint density at radius 1 is 1.24 bits per heavy atom. The van der Waals surface area contributed by atoms with Gasteiger partial charge in [0.05, 0.1) is 19.1 Å². The lowest BCUT2D eigenvalue weighted by Crippen LogP contribution is -2.17. The molecule has 0 fully saturated rings. The first-order valence-electron chi connectivity index (χ1n) is 6.86. The molecule has 0 aliphatic rings. The van der Waals surface area contributed by atoms with Crippen LogP contribution in [0.15, 0.2) is 40.8 Å². The van der Waals surface area contributed by atoms with Crippen molar-refractivity contribution in [2.45, 2.75) is 26.0 Å². The van der Waals surface area contributed by atoms with Gasteiger partial charge >= 0.3 is 5.97 Å². The second-order valence-electron chi connectivity index (χ2n) is 4.88. The third kappa shape index (κ3) is 4.44. The number of hydrogen-bond acceptors (Lipinski definition) is 4. The minimum Gasteiger partial charge on any atom is -0.481 e. The van der Waals surface area contributed by atoms with Gasteiger partial charge < -0.3 is 19.9 Å². The summed E-state index contributed by atoms with van der Waals surface area (Å²) in [7, 11) is 0. The van der Waals surface area contributed by atoms with Crippen molar-refractivity contribution in [3.63, 3.8) is 0 Å². The molecule has 1 unspecified atom stereocenters. The van der Waals surface area contributed by atoms with Crippen LogP contribution in [-0.4, -0.2) is 22.7 Å². The third-order valence-electron chi connectivity index (χ3n) is 3.15. The van der Waals surface area contributed by atoms with Crippen LogP contribution in [0, 0.1) is 0 Å². The van der Waals surface area contributed by atoms with Gasteiger partial charge in [0.2, 0.25) is 0 Å². The number of nitrogens with one attached hydrogen (secondary N) is 1. The van der Waals surface area contributed by atoms with Gasteiger partial charge in [0.1, 0.15) is 11.5 Å². The van der Waals surface area contributed by atoms with E-state index in [-0.39, 0.29) is 6.42 Å². The van der Waals surface area contributed by atoms with Crippen LogP contribution in [0.1, 0.15) is 30.8 Å². The second-order valence-corrected chi connectivity index (χ2v) is 4.88. The predicted octanol–water partition coefficient (Wildman–Crippen LogP) is 2.56. The van der Waals surface area contributed by atoms with Crippen molar-refractivity contribution in [1.29, 1.82) is 0 Å². The maximum atomic E-state index is 10.4. The Labute approximate surface area is 123 Å². The molecule has 1 atom stereocenters. The highest BCUT2D eigenvalue weighted by Crippen LogP contribution is 2.24. The van der Waals surface area contributed by atoms with E-state index in [4.69, 9.17) is 9.52 Å². The van der Waals surface area contributed by atoms with Crippen LogP contribution in [0.5, 0.6) is 0 Å². The standard InChI is InChI=1S/C16H19NO4/c1-11(18)12-2-4-13(5-3-12)15-7-6-14(21-15)10-17-9-8-16(19)20/h2-7,11,17-18H,8-10H2,1H3,(H,19,20). The molecule has 2 rings (SSSR count). The monoisotopic (exact) mass is 289 g/mol. The lowest BCUT2D eigenvalue weighted by Gasteiger charge is -2.05. The van der Waals surface area contributed by atoms with Crippen molar-refractivity contribution in [3.8, 4) is 11.3 Å². The highest BCUT2D eigenvalue weighted by molar-refractivity contribution is 5.66. The first-order valence-corrected chi connectivity index (χ1v) is 6.86. The number of hydrogen-bond donors (Lipinski definition) is 3. The molecule has 21 heavy (non-hydrogen) atoms. The third-order valence-corrected chi connectivity index (χ3v) is 3.15. The van der Waals surface area contributed by atoms with Gasteiger partial charge in [-0.3, -0.25) is 4.79 Å². The zero-order chi connectivity index (χ0) is 15.2. The SMILES string of the molecule is CC(O)c1ccc(-c2ccc(CNCCC(=O)O)o2)cc1. The van der Waals surface area contributed by atoms with Crippen molar-refractivity contribution < 1.29 is 19.4 Å². The summed E-state index contributed by atoms with van der Waals surface area (Å²) in [5, 5.41) is 21.0. The van der Waals surface area contributed by atoms with E-state index in [1.807, 2.05) is 36.4 Å². The average molecular weight is 289 g/mol. The number of aliphatic carboxylic acids is 1. The molecule has 0 aliphatic carbocycles. The highest BCUT2D eigenvalue weighted by atomic mass is 16.4. The summed E-state index contributed by atoms with van der Waals surface area (Å²) >= 11 is 0. The number of benzene rings is 1. The van der Waals surface area contributed by atoms with E-state index in [1.54, 1.807) is 6.92 Å². The van der Waals surface area contributed by atoms with E-state index in [0.717, 1.165) is 22.6 Å². The van der Waals surface area contributed by atoms with Crippen molar-refractivity contribution in [1.82, 2.24) is 5.32 Å². The summed E-state index contributed by atoms with van der Waals surface area (Å²) in [5.41, 5.74) is 1.80. The molecule has 5 nitrogen and oxygen atoms in total. The van der Waals surface area contributed by atoms with E-state index < -0.39 is 12.1 Å². The molecule has 0 amide bonds. The Balaban J connectivity index is 1.94. The Hall–Kier alpha value is -2.11. The van der Waals surface area contributed by atoms with Crippen LogP contribution >= 0.6 is 0 Å². The molecule has 2 aromatic rings. The van der Waals surface area contributed by atoms with Crippen LogP contribution < -0.4 is 5.32 Å². The largest absolute Gasteiger partial charge is 0.481 e. The zero-order valence-electron chi connectivity index (χ0n) is 11.9. The topological polar surface area (TPSA) is 82.7 Å². The summed E-state index contributed by atoms with van der Waals surface area (Å²) in [4.78, 5) is 10.4. The molecule has 1 heterocycles. The van der Waals surface area contributed by atoms with Gasteiger partial charge in [0.25, 0.3) is 0 Å². The van der Waals surface area contributed by atoms with Gasteiger partial charge in [-0.2, -0.15) is 0 Å². The maximum Gasteiger partial charge on any atom is 0.304 e. The minimum absolute atomic E-state index is 0.0916. The number of carboxylic acids is 1. The van der Waals surface area contributed by atoms with Gasteiger partial charge in [0, 0.05) is 12.1 Å². The smallest absolute Gasteiger partial charge is 0.304 e. The fourth-order valence-electron chi connectivity index (χ4n) is 1.96. The molecule has 112 valence electrons. The van der Waals surface area contributed by atoms with Crippen LogP contribution in [0.3, 0.4) is 0 Å². The first kappa shape index (κ1) is 15.3. The molecule has 0 radical (unpaired) electrons. The summed E-state index contributed by atoms with van der Waals surface area (Å²) in [6, 6.07) is 11.3. The molecule has 3 N–H and O–H groups in total. The van der Waals surface area contributed by atoms with Gasteiger partial charge in [-0.05, 0) is 24.6 Å². The van der Waals surface area contributed by atoms with Gasteiger partial charge in [-0.25, -0.2) is 0 Å². The molecule has 5 heteroatoms. The first-order chi connectivity index (χ1) is 10.1. The fourth-order valence-corrected chi connectivity index (χ4v) is 1.96. The second kappa shape index (κ2) is 7.06. The van der Waals surface area contributed by atoms with E-state index >= 15 is 0 Å². The van der Waals surface area contributed by atoms with Crippen LogP contribution in [-0.2, 0) is 11.3 Å². The number of aliphatic hydroxyl groups excluding tert-OH is 1. The molecule has 1 aromatic carbocycles. The molecular formula is C16H19NO4. The minimum atomic E-state index is -0.819. The summed E-state index contributed by atoms with van der Waals surface area (Å²) < 4.78 is 5.70. The van der Waals surface area contributed by atoms with E-state index in [1.165, 1.54) is 0 Å². The molecule has 0 saturated heterocycles. The Bertz CT molecular complexity index is 587. The Kier molecular flexibility index (Phi) is 5.14. The molecule has 0 aliphatic heterocycles. The molecule has 1 aromatic heterocycles. The lowest BCUT2D eigenvalue weighted by atomic mass is 10.1. The zero-order valence-corrected chi connectivity index (χ0v) is 11.9. The normalized spacial score (nSPS) is 12.3. The number of furan rings is 1. The molecule has 0 bridgehead atoms. The van der Waals surface area contributed by atoms with Crippen molar-refractivity contribution in [2.24, 2.45) is 0 Å². The number of carbonyl (C=O) groups is 1. The van der Waals surface area contributed by atoms with Crippen molar-refractivity contribution in [2.75, 3.05) is 6.54 Å². The predicted molar refractivity (Wildman–Crippen MR) is 78.7 cm³/mol. The average Bonchev–Trinajstić information content (AvgIpc) is 2.92. The summed E-state index contributed by atoms with van der Waals surface area (Å²) in [5.74, 6) is 0.693. The number of carboxylic acid groups (broad SMARTS) is 1. The van der Waals surface area contributed by atoms with E-state index in [2.05, 4.69) is 5.32 Å². The fraction of sp³-hybridized carbons (Fsp3) is 0.312. The van der Waals surface area contributed by atoms with Crippen LogP contribution in [0.4, 0.5) is 0 Å². The highest BCUT2D eigenvalue weighted by Gasteiger charge is 2.06. The lowest BCUT2D eigenvalue weighted by molar-refractivity contribution is -0.136. The quantitative estimate of drug-likeness (QED) is 0.682. The van der Waals surface area contributed by atoms with E-state index in [0.29, 0.717) is 13.1 Å². The maximum absolute atomic E-state index is 10.4.